The third kappa shape index (κ3) is 2.88. The van der Waals surface area contributed by atoms with Crippen LogP contribution in [0.25, 0.3) is 54.6 Å². The van der Waals surface area contributed by atoms with Crippen LogP contribution in [0.15, 0.2) is 91.0 Å². The Morgan fingerprint density at radius 2 is 0.714 bits per heavy atom. The number of hydrogen-bond acceptors (Lipinski definition) is 5. The Labute approximate surface area is 200 Å². The smallest absolute Gasteiger partial charge is 0.208 e. The molecule has 0 aliphatic carbocycles. The van der Waals surface area contributed by atoms with E-state index in [1.807, 2.05) is 66.7 Å². The van der Waals surface area contributed by atoms with E-state index in [4.69, 9.17) is 0 Å². The van der Waals surface area contributed by atoms with Gasteiger partial charge in [-0.1, -0.05) is 91.0 Å². The second kappa shape index (κ2) is 7.57. The molecule has 0 amide bonds. The molecule has 0 bridgehead atoms. The lowest BCUT2D eigenvalue weighted by atomic mass is 9.84. The highest BCUT2D eigenvalue weighted by atomic mass is 16.4. The Kier molecular flexibility index (Phi) is 4.47. The Morgan fingerprint density at radius 3 is 1.26 bits per heavy atom. The summed E-state index contributed by atoms with van der Waals surface area (Å²) in [4.78, 5) is 0. The Morgan fingerprint density at radius 1 is 0.314 bits per heavy atom. The summed E-state index contributed by atoms with van der Waals surface area (Å²) in [7, 11) is 0. The lowest BCUT2D eigenvalue weighted by Crippen LogP contribution is -1.93. The van der Waals surface area contributed by atoms with Crippen molar-refractivity contribution in [2.75, 3.05) is 0 Å². The fourth-order valence-corrected chi connectivity index (χ4v) is 5.05. The van der Waals surface area contributed by atoms with Gasteiger partial charge in [0.2, 0.25) is 17.2 Å². The minimum Gasteiger partial charge on any atom is -0.504 e. The van der Waals surface area contributed by atoms with Gasteiger partial charge in [0.15, 0.2) is 11.5 Å². The van der Waals surface area contributed by atoms with Gasteiger partial charge in [-0.05, 0) is 43.4 Å². The highest BCUT2D eigenvalue weighted by Gasteiger charge is 2.28. The molecule has 5 heteroatoms. The lowest BCUT2D eigenvalue weighted by molar-refractivity contribution is 0.330. The van der Waals surface area contributed by atoms with Crippen LogP contribution in [0, 0.1) is 0 Å². The van der Waals surface area contributed by atoms with E-state index in [2.05, 4.69) is 24.3 Å². The zero-order chi connectivity index (χ0) is 24.3. The normalized spacial score (nSPS) is 11.4. The van der Waals surface area contributed by atoms with Gasteiger partial charge in [-0.15, -0.1) is 0 Å². The van der Waals surface area contributed by atoms with E-state index in [-0.39, 0.29) is 5.56 Å². The van der Waals surface area contributed by atoms with E-state index in [1.165, 1.54) is 0 Å². The van der Waals surface area contributed by atoms with Crippen LogP contribution >= 0.6 is 0 Å². The quantitative estimate of drug-likeness (QED) is 0.109. The molecule has 6 aromatic carbocycles. The first-order valence-corrected chi connectivity index (χ1v) is 11.1. The van der Waals surface area contributed by atoms with Gasteiger partial charge in [0.25, 0.3) is 0 Å². The zero-order valence-corrected chi connectivity index (χ0v) is 18.4. The summed E-state index contributed by atoms with van der Waals surface area (Å²) in [6.07, 6.45) is 0. The summed E-state index contributed by atoms with van der Waals surface area (Å²) >= 11 is 0. The van der Waals surface area contributed by atoms with Crippen molar-refractivity contribution in [2.24, 2.45) is 0 Å². The van der Waals surface area contributed by atoms with E-state index in [9.17, 15) is 25.5 Å². The summed E-state index contributed by atoms with van der Waals surface area (Å²) in [5.41, 5.74) is 2.30. The van der Waals surface area contributed by atoms with E-state index >= 15 is 0 Å². The van der Waals surface area contributed by atoms with Crippen molar-refractivity contribution in [3.05, 3.63) is 91.0 Å². The molecule has 0 saturated carbocycles. The van der Waals surface area contributed by atoms with Crippen molar-refractivity contribution in [3.8, 4) is 51.0 Å². The topological polar surface area (TPSA) is 101 Å². The third-order valence-electron chi connectivity index (χ3n) is 6.61. The minimum atomic E-state index is -0.982. The molecule has 0 radical (unpaired) electrons. The van der Waals surface area contributed by atoms with E-state index in [0.29, 0.717) is 16.3 Å². The van der Waals surface area contributed by atoms with Crippen LogP contribution in [0.2, 0.25) is 0 Å². The molecule has 0 aliphatic rings. The van der Waals surface area contributed by atoms with Crippen molar-refractivity contribution in [2.45, 2.75) is 0 Å². The number of phenolic OH excluding ortho intramolecular Hbond substituents is 5. The van der Waals surface area contributed by atoms with Gasteiger partial charge < -0.3 is 25.5 Å². The molecule has 0 unspecified atom stereocenters. The monoisotopic (exact) mass is 460 g/mol. The third-order valence-corrected chi connectivity index (χ3v) is 6.61. The van der Waals surface area contributed by atoms with Crippen molar-refractivity contribution >= 4 is 32.3 Å². The number of rotatable bonds is 2. The number of hydrogen-bond donors (Lipinski definition) is 5. The summed E-state index contributed by atoms with van der Waals surface area (Å²) in [5.74, 6) is -4.22. The number of aromatic hydroxyl groups is 5. The van der Waals surface area contributed by atoms with Crippen LogP contribution in [-0.4, -0.2) is 25.5 Å². The minimum absolute atomic E-state index is 0.158. The van der Waals surface area contributed by atoms with Crippen molar-refractivity contribution in [1.29, 1.82) is 0 Å². The first-order valence-electron chi connectivity index (χ1n) is 11.1. The summed E-state index contributed by atoms with van der Waals surface area (Å²) in [5, 5.41) is 57.4. The van der Waals surface area contributed by atoms with Crippen LogP contribution in [0.1, 0.15) is 0 Å². The van der Waals surface area contributed by atoms with Crippen molar-refractivity contribution < 1.29 is 25.5 Å². The van der Waals surface area contributed by atoms with Crippen LogP contribution < -0.4 is 0 Å². The Hall–Kier alpha value is -4.90. The van der Waals surface area contributed by atoms with Crippen LogP contribution in [0.3, 0.4) is 0 Å². The molecule has 6 aromatic rings. The fourth-order valence-electron chi connectivity index (χ4n) is 5.05. The van der Waals surface area contributed by atoms with Crippen LogP contribution in [-0.2, 0) is 0 Å². The first kappa shape index (κ1) is 20.7. The SMILES string of the molecule is Oc1c(O)c(O)c(-c2c3ccccc3c(-c3cccc4ccccc34)c3ccccc23)c(O)c1O. The lowest BCUT2D eigenvalue weighted by Gasteiger charge is -2.20. The maximum absolute atomic E-state index is 10.8. The highest BCUT2D eigenvalue weighted by molar-refractivity contribution is 6.24. The van der Waals surface area contributed by atoms with Crippen molar-refractivity contribution in [3.63, 3.8) is 0 Å². The molecule has 0 fully saturated rings. The predicted molar refractivity (Wildman–Crippen MR) is 138 cm³/mol. The molecule has 35 heavy (non-hydrogen) atoms. The van der Waals surface area contributed by atoms with Crippen molar-refractivity contribution in [1.82, 2.24) is 0 Å². The van der Waals surface area contributed by atoms with Crippen LogP contribution in [0.5, 0.6) is 28.7 Å². The van der Waals surface area contributed by atoms with E-state index < -0.39 is 28.7 Å². The molecule has 0 aromatic heterocycles. The number of fused-ring (bicyclic) bond motifs is 3. The molecule has 5 nitrogen and oxygen atoms in total. The maximum Gasteiger partial charge on any atom is 0.208 e. The second-order valence-corrected chi connectivity index (χ2v) is 8.49. The molecule has 5 N–H and O–H groups in total. The summed E-state index contributed by atoms with van der Waals surface area (Å²) in [6, 6.07) is 29.5. The van der Waals surface area contributed by atoms with Gasteiger partial charge in [0, 0.05) is 5.56 Å². The van der Waals surface area contributed by atoms with E-state index in [0.717, 1.165) is 32.7 Å². The molecule has 6 rings (SSSR count). The second-order valence-electron chi connectivity index (χ2n) is 8.49. The largest absolute Gasteiger partial charge is 0.504 e. The fraction of sp³-hybridized carbons (Fsp3) is 0. The average molecular weight is 460 g/mol. The average Bonchev–Trinajstić information content (AvgIpc) is 2.90. The van der Waals surface area contributed by atoms with Gasteiger partial charge in [-0.25, -0.2) is 0 Å². The summed E-state index contributed by atoms with van der Waals surface area (Å²) < 4.78 is 0. The zero-order valence-electron chi connectivity index (χ0n) is 18.4. The molecule has 0 heterocycles. The van der Waals surface area contributed by atoms with E-state index in [1.54, 1.807) is 0 Å². The molecular formula is C30H20O5. The molecular weight excluding hydrogens is 440 g/mol. The Bertz CT molecular complexity index is 1710. The first-order chi connectivity index (χ1) is 17.0. The maximum atomic E-state index is 10.8. The van der Waals surface area contributed by atoms with Gasteiger partial charge in [0.05, 0.1) is 5.56 Å². The van der Waals surface area contributed by atoms with Gasteiger partial charge in [0.1, 0.15) is 0 Å². The number of phenols is 5. The standard InChI is InChI=1S/C30H20O5/c31-26-25(27(32)29(34)30(35)28(26)33)24-21-13-5-3-11-19(21)23(20-12-4-6-14-22(20)24)18-15-7-9-16-8-1-2-10-17(16)18/h1-15,31-35H. The molecule has 0 spiro atoms. The molecule has 0 saturated heterocycles. The van der Waals surface area contributed by atoms with Gasteiger partial charge >= 0.3 is 0 Å². The molecule has 170 valence electrons. The molecule has 0 atom stereocenters. The predicted octanol–water partition coefficient (Wildman–Crippen LogP) is 7.01. The number of benzene rings is 6. The molecule has 0 aliphatic heterocycles. The summed E-state index contributed by atoms with van der Waals surface area (Å²) in [6.45, 7) is 0. The van der Waals surface area contributed by atoms with Crippen LogP contribution in [0.4, 0.5) is 0 Å². The van der Waals surface area contributed by atoms with Gasteiger partial charge in [-0.2, -0.15) is 0 Å². The van der Waals surface area contributed by atoms with Gasteiger partial charge in [-0.3, -0.25) is 0 Å². The highest BCUT2D eigenvalue weighted by Crippen LogP contribution is 2.57. The Balaban J connectivity index is 1.86.